The van der Waals surface area contributed by atoms with Crippen LogP contribution in [0.25, 0.3) is 0 Å². The molecule has 1 aromatic rings. The third-order valence-electron chi connectivity index (χ3n) is 3.65. The van der Waals surface area contributed by atoms with Crippen molar-refractivity contribution in [3.63, 3.8) is 0 Å². The van der Waals surface area contributed by atoms with E-state index >= 15 is 0 Å². The average Bonchev–Trinajstić information content (AvgIpc) is 3.25. The first-order valence-corrected chi connectivity index (χ1v) is 11.4. The zero-order chi connectivity index (χ0) is 18.5. The summed E-state index contributed by atoms with van der Waals surface area (Å²) in [6.45, 7) is 0.625. The number of methoxy groups -OCH3 is 1. The number of esters is 1. The van der Waals surface area contributed by atoms with E-state index in [9.17, 15) is 4.79 Å². The smallest absolute Gasteiger partial charge is 0.338 e. The van der Waals surface area contributed by atoms with Gasteiger partial charge in [-0.1, -0.05) is 0 Å². The monoisotopic (exact) mass is 396 g/mol. The van der Waals surface area contributed by atoms with Crippen LogP contribution in [0.1, 0.15) is 10.4 Å². The van der Waals surface area contributed by atoms with Crippen molar-refractivity contribution >= 4 is 48.9 Å². The summed E-state index contributed by atoms with van der Waals surface area (Å²) in [6.07, 6.45) is 4.11. The molecule has 0 saturated heterocycles. The predicted octanol–water partition coefficient (Wildman–Crippen LogP) is 2.20. The lowest BCUT2D eigenvalue weighted by molar-refractivity contribution is 0.0600. The highest BCUT2D eigenvalue weighted by atomic mass is 32.2. The van der Waals surface area contributed by atoms with Crippen LogP contribution in [0.3, 0.4) is 0 Å². The highest BCUT2D eigenvalue weighted by Crippen LogP contribution is 2.28. The van der Waals surface area contributed by atoms with E-state index in [1.165, 1.54) is 7.11 Å². The minimum Gasteiger partial charge on any atom is -0.487 e. The molecule has 3 rings (SSSR count). The Morgan fingerprint density at radius 1 is 0.923 bits per heavy atom. The second-order valence-electron chi connectivity index (χ2n) is 5.48. The maximum absolute atomic E-state index is 11.9. The zero-order valence-electron chi connectivity index (χ0n) is 14.6. The zero-order valence-corrected chi connectivity index (χ0v) is 16.4. The Hall–Kier alpha value is -2.33. The van der Waals surface area contributed by atoms with E-state index in [-0.39, 0.29) is 0 Å². The van der Waals surface area contributed by atoms with Gasteiger partial charge in [0.2, 0.25) is 0 Å². The van der Waals surface area contributed by atoms with Crippen molar-refractivity contribution in [2.24, 2.45) is 20.4 Å². The summed E-state index contributed by atoms with van der Waals surface area (Å²) in [5.41, 5.74) is 3.99. The Balaban J connectivity index is 1.72. The van der Waals surface area contributed by atoms with Crippen LogP contribution >= 0.6 is 21.8 Å². The molecule has 26 heavy (non-hydrogen) atoms. The standard InChI is InChI=1S/C16H20N4O4S2/c1-22-16(21)11-4-12(23-7-14-19-17-9-25(14)2)6-13(5-11)24-8-15-20-18-10-26(15)3/h4-6,9-10,25-26H,7-8H2,1-3H3. The lowest BCUT2D eigenvalue weighted by Crippen LogP contribution is -2.12. The molecule has 2 atom stereocenters. The molecular weight excluding hydrogens is 376 g/mol. The molecule has 0 spiro atoms. The highest BCUT2D eigenvalue weighted by Gasteiger charge is 2.15. The number of benzene rings is 1. The van der Waals surface area contributed by atoms with Crippen molar-refractivity contribution in [1.82, 2.24) is 0 Å². The van der Waals surface area contributed by atoms with Gasteiger partial charge in [-0.15, -0.1) is 10.2 Å². The van der Waals surface area contributed by atoms with E-state index in [1.807, 2.05) is 11.1 Å². The van der Waals surface area contributed by atoms with E-state index in [0.29, 0.717) is 30.3 Å². The molecule has 10 heteroatoms. The number of hydrogen-bond donors (Lipinski definition) is 2. The maximum atomic E-state index is 11.9. The van der Waals surface area contributed by atoms with E-state index in [1.54, 1.807) is 18.2 Å². The van der Waals surface area contributed by atoms with Gasteiger partial charge in [0.15, 0.2) is 0 Å². The highest BCUT2D eigenvalue weighted by molar-refractivity contribution is 8.40. The topological polar surface area (TPSA) is 94.2 Å². The lowest BCUT2D eigenvalue weighted by Gasteiger charge is -2.14. The van der Waals surface area contributed by atoms with Crippen LogP contribution < -0.4 is 9.47 Å². The number of carbonyl (C=O) groups excluding carboxylic acids is 1. The van der Waals surface area contributed by atoms with Gasteiger partial charge < -0.3 is 14.2 Å². The van der Waals surface area contributed by atoms with Crippen LogP contribution in [-0.4, -0.2) is 60.0 Å². The molecule has 0 N–H and O–H groups in total. The van der Waals surface area contributed by atoms with Gasteiger partial charge in [-0.25, -0.2) is 4.79 Å². The normalized spacial score (nSPS) is 23.5. The second-order valence-corrected chi connectivity index (χ2v) is 9.42. The first-order chi connectivity index (χ1) is 12.6. The van der Waals surface area contributed by atoms with Crippen LogP contribution in [0.5, 0.6) is 11.5 Å². The minimum absolute atomic E-state index is 0.313. The molecule has 0 fully saturated rings. The number of thiol groups is 2. The van der Waals surface area contributed by atoms with Gasteiger partial charge in [0.25, 0.3) is 0 Å². The molecule has 0 radical (unpaired) electrons. The van der Waals surface area contributed by atoms with Crippen molar-refractivity contribution in [2.45, 2.75) is 0 Å². The first-order valence-electron chi connectivity index (χ1n) is 7.71. The van der Waals surface area contributed by atoms with Crippen LogP contribution in [0.4, 0.5) is 0 Å². The molecule has 2 unspecified atom stereocenters. The Morgan fingerprint density at radius 3 is 1.81 bits per heavy atom. The fourth-order valence-electron chi connectivity index (χ4n) is 2.15. The van der Waals surface area contributed by atoms with Gasteiger partial charge in [0.1, 0.15) is 34.8 Å². The van der Waals surface area contributed by atoms with E-state index in [0.717, 1.165) is 10.1 Å². The molecule has 0 aliphatic carbocycles. The lowest BCUT2D eigenvalue weighted by atomic mass is 10.2. The molecule has 2 heterocycles. The van der Waals surface area contributed by atoms with E-state index in [4.69, 9.17) is 14.2 Å². The van der Waals surface area contributed by atoms with Crippen LogP contribution in [-0.2, 0) is 4.74 Å². The van der Waals surface area contributed by atoms with E-state index in [2.05, 4.69) is 32.9 Å². The van der Waals surface area contributed by atoms with Crippen molar-refractivity contribution in [2.75, 3.05) is 32.8 Å². The molecule has 140 valence electrons. The third-order valence-corrected chi connectivity index (χ3v) is 6.61. The van der Waals surface area contributed by atoms with Gasteiger partial charge in [-0.05, 0) is 24.6 Å². The Morgan fingerprint density at radius 2 is 1.42 bits per heavy atom. The van der Waals surface area contributed by atoms with Crippen molar-refractivity contribution < 1.29 is 19.0 Å². The quantitative estimate of drug-likeness (QED) is 0.546. The van der Waals surface area contributed by atoms with E-state index < -0.39 is 27.8 Å². The Bertz CT molecular complexity index is 766. The summed E-state index contributed by atoms with van der Waals surface area (Å²) in [7, 11) is 0.352. The number of ether oxygens (including phenoxy) is 3. The SMILES string of the molecule is COC(=O)c1cc(OCC2=NN=C[SH]2C)cc(OCC2=NN=C[SH]2C)c1. The maximum Gasteiger partial charge on any atom is 0.338 e. The van der Waals surface area contributed by atoms with Crippen LogP contribution in [0.2, 0.25) is 0 Å². The summed E-state index contributed by atoms with van der Waals surface area (Å²) in [4.78, 5) is 11.9. The predicted molar refractivity (Wildman–Crippen MR) is 110 cm³/mol. The molecular formula is C16H20N4O4S2. The van der Waals surface area contributed by atoms with Gasteiger partial charge >= 0.3 is 5.97 Å². The molecule has 0 amide bonds. The molecule has 1 aromatic carbocycles. The fraction of sp³-hybridized carbons (Fsp3) is 0.312. The fourth-order valence-corrected chi connectivity index (χ4v) is 3.75. The molecule has 8 nitrogen and oxygen atoms in total. The minimum atomic E-state index is -0.491. The molecule has 2 aliphatic rings. The summed E-state index contributed by atoms with van der Waals surface area (Å²) in [5.74, 6) is 0.549. The Kier molecular flexibility index (Phi) is 5.94. The van der Waals surface area contributed by atoms with Crippen LogP contribution in [0, 0.1) is 0 Å². The summed E-state index contributed by atoms with van der Waals surface area (Å²) in [6, 6.07) is 4.97. The first kappa shape index (κ1) is 18.5. The van der Waals surface area contributed by atoms with Crippen molar-refractivity contribution in [3.8, 4) is 11.5 Å². The van der Waals surface area contributed by atoms with Crippen molar-refractivity contribution in [3.05, 3.63) is 23.8 Å². The largest absolute Gasteiger partial charge is 0.487 e. The molecule has 0 aromatic heterocycles. The van der Waals surface area contributed by atoms with Gasteiger partial charge in [0, 0.05) is 6.07 Å². The Labute approximate surface area is 156 Å². The second kappa shape index (κ2) is 8.37. The number of hydrogen-bond acceptors (Lipinski definition) is 8. The number of nitrogens with zero attached hydrogens (tertiary/aromatic N) is 4. The van der Waals surface area contributed by atoms with Crippen molar-refractivity contribution in [1.29, 1.82) is 0 Å². The van der Waals surface area contributed by atoms with Gasteiger partial charge in [-0.2, -0.15) is 32.0 Å². The van der Waals surface area contributed by atoms with Gasteiger partial charge in [-0.3, -0.25) is 0 Å². The summed E-state index contributed by atoms with van der Waals surface area (Å²) in [5, 5.41) is 17.7. The number of carbonyl (C=O) groups is 1. The summed E-state index contributed by atoms with van der Waals surface area (Å²) < 4.78 is 16.4. The third kappa shape index (κ3) is 4.44. The van der Waals surface area contributed by atoms with Gasteiger partial charge in [0.05, 0.1) is 23.8 Å². The molecule has 0 bridgehead atoms. The number of rotatable bonds is 7. The molecule has 0 saturated carbocycles. The average molecular weight is 396 g/mol. The molecule has 2 aliphatic heterocycles. The van der Waals surface area contributed by atoms with Crippen LogP contribution in [0.15, 0.2) is 38.6 Å². The summed E-state index contributed by atoms with van der Waals surface area (Å²) >= 11 is 0.